The highest BCUT2D eigenvalue weighted by atomic mass is 16.3. The van der Waals surface area contributed by atoms with Crippen LogP contribution >= 0.6 is 0 Å². The fourth-order valence-corrected chi connectivity index (χ4v) is 0.866. The van der Waals surface area contributed by atoms with E-state index in [1.165, 1.54) is 16.8 Å². The van der Waals surface area contributed by atoms with Gasteiger partial charge in [0.2, 0.25) is 0 Å². The molecule has 13 heavy (non-hydrogen) atoms. The highest BCUT2D eigenvalue weighted by Gasteiger charge is 2.04. The third-order valence-electron chi connectivity index (χ3n) is 1.51. The van der Waals surface area contributed by atoms with Crippen molar-refractivity contribution in [2.24, 2.45) is 0 Å². The van der Waals surface area contributed by atoms with Crippen LogP contribution in [0.2, 0.25) is 0 Å². The Balaban J connectivity index is 2.84. The Labute approximate surface area is 74.3 Å². The highest BCUT2D eigenvalue weighted by Crippen LogP contribution is 1.91. The van der Waals surface area contributed by atoms with Crippen LogP contribution in [0.4, 0.5) is 5.82 Å². The minimum atomic E-state index is -0.955. The average Bonchev–Trinajstić information content (AvgIpc) is 2.09. The van der Waals surface area contributed by atoms with E-state index < -0.39 is 18.4 Å². The molecule has 0 unspecified atom stereocenters. The lowest BCUT2D eigenvalue weighted by atomic mass is 10.4. The molecular weight excluding hydrogens is 174 g/mol. The van der Waals surface area contributed by atoms with Gasteiger partial charge in [0, 0.05) is 6.20 Å². The molecule has 6 nitrogen and oxygen atoms in total. The number of nitrogens with zero attached hydrogens (tertiary/aromatic N) is 2. The number of nitrogen functional groups attached to an aromatic ring is 1. The first-order chi connectivity index (χ1) is 6.13. The number of anilines is 1. The summed E-state index contributed by atoms with van der Waals surface area (Å²) in [5.74, 6) is 0.139. The SMILES string of the molecule is Nc1ccn(C[C@@H](O)CO)c(=O)n1. The Bertz CT molecular complexity index is 336. The van der Waals surface area contributed by atoms with Gasteiger partial charge in [0.25, 0.3) is 0 Å². The number of aliphatic hydroxyl groups is 2. The predicted molar refractivity (Wildman–Crippen MR) is 46.0 cm³/mol. The van der Waals surface area contributed by atoms with E-state index in [4.69, 9.17) is 15.9 Å². The van der Waals surface area contributed by atoms with Gasteiger partial charge in [-0.3, -0.25) is 4.57 Å². The number of aromatic nitrogens is 2. The highest BCUT2D eigenvalue weighted by molar-refractivity contribution is 5.23. The summed E-state index contributed by atoms with van der Waals surface area (Å²) in [5, 5.41) is 17.6. The van der Waals surface area contributed by atoms with Crippen molar-refractivity contribution in [1.82, 2.24) is 9.55 Å². The maximum absolute atomic E-state index is 11.1. The van der Waals surface area contributed by atoms with Crippen molar-refractivity contribution in [3.05, 3.63) is 22.7 Å². The van der Waals surface area contributed by atoms with Gasteiger partial charge >= 0.3 is 5.69 Å². The molecule has 1 atom stereocenters. The van der Waals surface area contributed by atoms with Gasteiger partial charge in [-0.25, -0.2) is 4.79 Å². The van der Waals surface area contributed by atoms with Crippen molar-refractivity contribution in [2.75, 3.05) is 12.3 Å². The first kappa shape index (κ1) is 9.69. The first-order valence-electron chi connectivity index (χ1n) is 3.75. The zero-order valence-electron chi connectivity index (χ0n) is 6.92. The van der Waals surface area contributed by atoms with Gasteiger partial charge in [0.05, 0.1) is 19.3 Å². The Morgan fingerprint density at radius 2 is 2.38 bits per heavy atom. The van der Waals surface area contributed by atoms with Crippen LogP contribution in [0.1, 0.15) is 0 Å². The zero-order valence-corrected chi connectivity index (χ0v) is 6.92. The number of aliphatic hydroxyl groups excluding tert-OH is 2. The Hall–Kier alpha value is -1.40. The second kappa shape index (κ2) is 4.01. The third-order valence-corrected chi connectivity index (χ3v) is 1.51. The van der Waals surface area contributed by atoms with Crippen molar-refractivity contribution < 1.29 is 10.2 Å². The topological polar surface area (TPSA) is 101 Å². The van der Waals surface area contributed by atoms with Gasteiger partial charge in [-0.1, -0.05) is 0 Å². The Morgan fingerprint density at radius 1 is 1.69 bits per heavy atom. The molecule has 0 aliphatic rings. The average molecular weight is 185 g/mol. The molecule has 1 aromatic heterocycles. The lowest BCUT2D eigenvalue weighted by Crippen LogP contribution is -2.30. The summed E-state index contributed by atoms with van der Waals surface area (Å²) in [6.45, 7) is -0.376. The number of hydrogen-bond donors (Lipinski definition) is 3. The van der Waals surface area contributed by atoms with Crippen molar-refractivity contribution >= 4 is 5.82 Å². The van der Waals surface area contributed by atoms with Crippen LogP contribution < -0.4 is 11.4 Å². The maximum atomic E-state index is 11.1. The predicted octanol–water partition coefficient (Wildman–Crippen LogP) is -1.82. The lowest BCUT2D eigenvalue weighted by Gasteiger charge is -2.08. The van der Waals surface area contributed by atoms with Crippen LogP contribution in [0.15, 0.2) is 17.1 Å². The molecule has 4 N–H and O–H groups in total. The van der Waals surface area contributed by atoms with Gasteiger partial charge in [-0.05, 0) is 6.07 Å². The van der Waals surface area contributed by atoms with Crippen LogP contribution in [-0.4, -0.2) is 32.5 Å². The molecule has 0 saturated heterocycles. The summed E-state index contributed by atoms with van der Waals surface area (Å²) in [4.78, 5) is 14.5. The molecule has 0 fully saturated rings. The largest absolute Gasteiger partial charge is 0.394 e. The van der Waals surface area contributed by atoms with Gasteiger partial charge < -0.3 is 15.9 Å². The molecular formula is C7H11N3O3. The summed E-state index contributed by atoms with van der Waals surface area (Å²) >= 11 is 0. The van der Waals surface area contributed by atoms with Crippen molar-refractivity contribution in [3.63, 3.8) is 0 Å². The molecule has 0 bridgehead atoms. The minimum absolute atomic E-state index is 0.0165. The number of nitrogens with two attached hydrogens (primary N) is 1. The third kappa shape index (κ3) is 2.53. The Morgan fingerprint density at radius 3 is 2.92 bits per heavy atom. The molecule has 0 aliphatic heterocycles. The fraction of sp³-hybridized carbons (Fsp3) is 0.429. The number of hydrogen-bond acceptors (Lipinski definition) is 5. The van der Waals surface area contributed by atoms with Crippen LogP contribution in [0.25, 0.3) is 0 Å². The molecule has 0 spiro atoms. The Kier molecular flexibility index (Phi) is 2.99. The summed E-state index contributed by atoms with van der Waals surface area (Å²) in [5.41, 5.74) is 4.72. The molecule has 0 radical (unpaired) electrons. The van der Waals surface area contributed by atoms with Crippen LogP contribution in [0.5, 0.6) is 0 Å². The maximum Gasteiger partial charge on any atom is 0.349 e. The van der Waals surface area contributed by atoms with Gasteiger partial charge in [-0.2, -0.15) is 4.98 Å². The van der Waals surface area contributed by atoms with Crippen LogP contribution in [0, 0.1) is 0 Å². The normalized spacial score (nSPS) is 12.8. The molecule has 0 aliphatic carbocycles. The van der Waals surface area contributed by atoms with E-state index in [1.807, 2.05) is 0 Å². The van der Waals surface area contributed by atoms with Crippen molar-refractivity contribution in [3.8, 4) is 0 Å². The van der Waals surface area contributed by atoms with E-state index in [0.29, 0.717) is 0 Å². The van der Waals surface area contributed by atoms with E-state index in [-0.39, 0.29) is 12.4 Å². The van der Waals surface area contributed by atoms with Crippen LogP contribution in [0.3, 0.4) is 0 Å². The summed E-state index contributed by atoms with van der Waals surface area (Å²) < 4.78 is 1.18. The molecule has 0 amide bonds. The summed E-state index contributed by atoms with van der Waals surface area (Å²) in [6.07, 6.45) is 0.465. The number of rotatable bonds is 3. The monoisotopic (exact) mass is 185 g/mol. The van der Waals surface area contributed by atoms with E-state index >= 15 is 0 Å². The smallest absolute Gasteiger partial charge is 0.349 e. The fourth-order valence-electron chi connectivity index (χ4n) is 0.866. The van der Waals surface area contributed by atoms with Gasteiger partial charge in [-0.15, -0.1) is 0 Å². The standard InChI is InChI=1S/C7H11N3O3/c8-6-1-2-10(7(13)9-6)3-5(12)4-11/h1-2,5,11-12H,3-4H2,(H2,8,9,13)/t5-/m1/s1. The van der Waals surface area contributed by atoms with E-state index in [1.54, 1.807) is 0 Å². The zero-order chi connectivity index (χ0) is 9.84. The summed E-state index contributed by atoms with van der Waals surface area (Å²) in [7, 11) is 0. The summed E-state index contributed by atoms with van der Waals surface area (Å²) in [6, 6.07) is 1.45. The molecule has 0 aromatic carbocycles. The molecule has 1 aromatic rings. The first-order valence-corrected chi connectivity index (χ1v) is 3.75. The molecule has 1 rings (SSSR count). The molecule has 72 valence electrons. The molecule has 0 saturated carbocycles. The second-order valence-corrected chi connectivity index (χ2v) is 2.62. The van der Waals surface area contributed by atoms with Crippen molar-refractivity contribution in [1.29, 1.82) is 0 Å². The molecule has 6 heteroatoms. The lowest BCUT2D eigenvalue weighted by molar-refractivity contribution is 0.0800. The van der Waals surface area contributed by atoms with E-state index in [9.17, 15) is 4.79 Å². The van der Waals surface area contributed by atoms with E-state index in [2.05, 4.69) is 4.98 Å². The van der Waals surface area contributed by atoms with Gasteiger partial charge in [0.15, 0.2) is 0 Å². The van der Waals surface area contributed by atoms with Crippen LogP contribution in [-0.2, 0) is 6.54 Å². The quantitative estimate of drug-likeness (QED) is 0.514. The second-order valence-electron chi connectivity index (χ2n) is 2.62. The van der Waals surface area contributed by atoms with Crippen molar-refractivity contribution in [2.45, 2.75) is 12.6 Å². The van der Waals surface area contributed by atoms with E-state index in [0.717, 1.165) is 0 Å². The minimum Gasteiger partial charge on any atom is -0.394 e. The van der Waals surface area contributed by atoms with Gasteiger partial charge in [0.1, 0.15) is 5.82 Å². The molecule has 1 heterocycles.